The summed E-state index contributed by atoms with van der Waals surface area (Å²) in [6.45, 7) is 2.82. The minimum absolute atomic E-state index is 0.0698. The zero-order valence-electron chi connectivity index (χ0n) is 13.9. The van der Waals surface area contributed by atoms with E-state index in [1.165, 1.54) is 7.11 Å². The van der Waals surface area contributed by atoms with Crippen LogP contribution in [0.1, 0.15) is 20.7 Å². The number of hydrogen-bond acceptors (Lipinski definition) is 4. The second-order valence-electron chi connectivity index (χ2n) is 5.80. The number of anilines is 1. The van der Waals surface area contributed by atoms with Gasteiger partial charge < -0.3 is 14.5 Å². The number of esters is 1. The molecular formula is C19H19BrN2O3. The lowest BCUT2D eigenvalue weighted by atomic mass is 10.1. The van der Waals surface area contributed by atoms with Crippen molar-refractivity contribution >= 4 is 33.5 Å². The van der Waals surface area contributed by atoms with Crippen molar-refractivity contribution in [3.05, 3.63) is 64.1 Å². The maximum absolute atomic E-state index is 12.5. The smallest absolute Gasteiger partial charge is 0.337 e. The highest BCUT2D eigenvalue weighted by Gasteiger charge is 2.23. The van der Waals surface area contributed by atoms with Crippen LogP contribution in [0, 0.1) is 0 Å². The van der Waals surface area contributed by atoms with E-state index >= 15 is 0 Å². The highest BCUT2D eigenvalue weighted by Crippen LogP contribution is 2.28. The molecule has 0 radical (unpaired) electrons. The van der Waals surface area contributed by atoms with Gasteiger partial charge in [-0.25, -0.2) is 4.79 Å². The van der Waals surface area contributed by atoms with Gasteiger partial charge in [-0.15, -0.1) is 0 Å². The number of carbonyl (C=O) groups excluding carboxylic acids is 2. The second kappa shape index (κ2) is 7.70. The van der Waals surface area contributed by atoms with Gasteiger partial charge in [0, 0.05) is 36.2 Å². The Kier molecular flexibility index (Phi) is 5.38. The molecule has 1 amide bonds. The number of nitrogens with zero attached hydrogens (tertiary/aromatic N) is 2. The van der Waals surface area contributed by atoms with Gasteiger partial charge in [0.1, 0.15) is 0 Å². The van der Waals surface area contributed by atoms with Gasteiger partial charge in [0.2, 0.25) is 0 Å². The summed E-state index contributed by atoms with van der Waals surface area (Å²) in [5.41, 5.74) is 2.25. The van der Waals surface area contributed by atoms with Crippen LogP contribution in [0.25, 0.3) is 0 Å². The summed E-state index contributed by atoms with van der Waals surface area (Å²) in [4.78, 5) is 28.2. The number of halogens is 1. The van der Waals surface area contributed by atoms with E-state index < -0.39 is 0 Å². The predicted octanol–water partition coefficient (Wildman–Crippen LogP) is 3.20. The van der Waals surface area contributed by atoms with Crippen molar-refractivity contribution in [3.8, 4) is 0 Å². The zero-order chi connectivity index (χ0) is 17.8. The van der Waals surface area contributed by atoms with Crippen LogP contribution in [-0.4, -0.2) is 50.1 Å². The van der Waals surface area contributed by atoms with Crippen molar-refractivity contribution in [3.63, 3.8) is 0 Å². The van der Waals surface area contributed by atoms with Crippen LogP contribution >= 0.6 is 15.9 Å². The maximum Gasteiger partial charge on any atom is 0.337 e. The summed E-state index contributed by atoms with van der Waals surface area (Å²) in [5.74, 6) is -0.286. The molecule has 0 atom stereocenters. The SMILES string of the molecule is COC(=O)c1ccc(N2CCN(C(=O)c3ccccc3)CC2)c(Br)c1. The van der Waals surface area contributed by atoms with Crippen LogP contribution in [0.15, 0.2) is 53.0 Å². The van der Waals surface area contributed by atoms with Crippen molar-refractivity contribution in [2.75, 3.05) is 38.2 Å². The molecule has 1 heterocycles. The van der Waals surface area contributed by atoms with Crippen LogP contribution < -0.4 is 4.90 Å². The first-order valence-electron chi connectivity index (χ1n) is 8.07. The molecule has 3 rings (SSSR count). The van der Waals surface area contributed by atoms with Gasteiger partial charge in [-0.05, 0) is 46.3 Å². The standard InChI is InChI=1S/C19H19BrN2O3/c1-25-19(24)15-7-8-17(16(20)13-15)21-9-11-22(12-10-21)18(23)14-5-3-2-4-6-14/h2-8,13H,9-12H2,1H3. The Morgan fingerprint density at radius 2 is 1.64 bits per heavy atom. The number of carbonyl (C=O) groups is 2. The van der Waals surface area contributed by atoms with Crippen molar-refractivity contribution in [2.45, 2.75) is 0 Å². The number of benzene rings is 2. The Morgan fingerprint density at radius 3 is 2.24 bits per heavy atom. The molecule has 1 saturated heterocycles. The molecule has 0 spiro atoms. The molecule has 2 aromatic carbocycles. The Morgan fingerprint density at radius 1 is 0.960 bits per heavy atom. The Labute approximate surface area is 155 Å². The molecule has 1 aliphatic heterocycles. The first-order valence-corrected chi connectivity index (χ1v) is 8.86. The largest absolute Gasteiger partial charge is 0.465 e. The fraction of sp³-hybridized carbons (Fsp3) is 0.263. The molecule has 2 aromatic rings. The highest BCUT2D eigenvalue weighted by molar-refractivity contribution is 9.10. The quantitative estimate of drug-likeness (QED) is 0.739. The van der Waals surface area contributed by atoms with E-state index in [0.717, 1.165) is 28.8 Å². The summed E-state index contributed by atoms with van der Waals surface area (Å²) < 4.78 is 5.59. The molecule has 5 nitrogen and oxygen atoms in total. The minimum Gasteiger partial charge on any atom is -0.465 e. The number of ether oxygens (including phenoxy) is 1. The van der Waals surface area contributed by atoms with E-state index in [2.05, 4.69) is 20.8 Å². The highest BCUT2D eigenvalue weighted by atomic mass is 79.9. The number of rotatable bonds is 3. The summed E-state index contributed by atoms with van der Waals surface area (Å²) in [7, 11) is 1.37. The second-order valence-corrected chi connectivity index (χ2v) is 6.66. The van der Waals surface area contributed by atoms with Crippen LogP contribution in [0.4, 0.5) is 5.69 Å². The molecule has 1 fully saturated rings. The zero-order valence-corrected chi connectivity index (χ0v) is 15.5. The van der Waals surface area contributed by atoms with Gasteiger partial charge in [-0.3, -0.25) is 4.79 Å². The van der Waals surface area contributed by atoms with Crippen molar-refractivity contribution in [1.29, 1.82) is 0 Å². The lowest BCUT2D eigenvalue weighted by Crippen LogP contribution is -2.48. The molecule has 0 aliphatic carbocycles. The molecule has 130 valence electrons. The van der Waals surface area contributed by atoms with Gasteiger partial charge in [0.25, 0.3) is 5.91 Å². The van der Waals surface area contributed by atoms with Gasteiger partial charge in [0.05, 0.1) is 18.4 Å². The number of piperazine rings is 1. The van der Waals surface area contributed by atoms with Crippen LogP contribution in [0.2, 0.25) is 0 Å². The van der Waals surface area contributed by atoms with E-state index in [4.69, 9.17) is 4.74 Å². The molecule has 0 N–H and O–H groups in total. The van der Waals surface area contributed by atoms with E-state index in [0.29, 0.717) is 18.7 Å². The Bertz CT molecular complexity index is 771. The summed E-state index contributed by atoms with van der Waals surface area (Å²) >= 11 is 3.53. The molecule has 0 bridgehead atoms. The first-order chi connectivity index (χ1) is 12.1. The average molecular weight is 403 g/mol. The third-order valence-corrected chi connectivity index (χ3v) is 4.93. The van der Waals surface area contributed by atoms with E-state index in [1.807, 2.05) is 41.3 Å². The molecule has 1 aliphatic rings. The first kappa shape index (κ1) is 17.5. The lowest BCUT2D eigenvalue weighted by Gasteiger charge is -2.36. The van der Waals surface area contributed by atoms with Crippen molar-refractivity contribution in [1.82, 2.24) is 4.90 Å². The van der Waals surface area contributed by atoms with Gasteiger partial charge in [-0.2, -0.15) is 0 Å². The normalized spacial score (nSPS) is 14.3. The molecule has 0 aromatic heterocycles. The maximum atomic E-state index is 12.5. The molecule has 6 heteroatoms. The van der Waals surface area contributed by atoms with E-state index in [9.17, 15) is 9.59 Å². The topological polar surface area (TPSA) is 49.9 Å². The summed E-state index contributed by atoms with van der Waals surface area (Å²) in [6.07, 6.45) is 0. The number of amides is 1. The van der Waals surface area contributed by atoms with Gasteiger partial charge >= 0.3 is 5.97 Å². The third kappa shape index (κ3) is 3.85. The number of hydrogen-bond donors (Lipinski definition) is 0. The number of methoxy groups -OCH3 is 1. The van der Waals surface area contributed by atoms with E-state index in [-0.39, 0.29) is 11.9 Å². The average Bonchev–Trinajstić information content (AvgIpc) is 2.67. The fourth-order valence-corrected chi connectivity index (χ4v) is 3.55. The van der Waals surface area contributed by atoms with Crippen LogP contribution in [0.3, 0.4) is 0 Å². The van der Waals surface area contributed by atoms with Crippen molar-refractivity contribution in [2.24, 2.45) is 0 Å². The Balaban J connectivity index is 1.66. The lowest BCUT2D eigenvalue weighted by molar-refractivity contribution is 0.0600. The molecule has 0 unspecified atom stereocenters. The molecule has 25 heavy (non-hydrogen) atoms. The molecular weight excluding hydrogens is 384 g/mol. The van der Waals surface area contributed by atoms with Gasteiger partial charge in [-0.1, -0.05) is 18.2 Å². The van der Waals surface area contributed by atoms with E-state index in [1.54, 1.807) is 12.1 Å². The van der Waals surface area contributed by atoms with Crippen molar-refractivity contribution < 1.29 is 14.3 Å². The monoisotopic (exact) mass is 402 g/mol. The van der Waals surface area contributed by atoms with Gasteiger partial charge in [0.15, 0.2) is 0 Å². The molecule has 0 saturated carbocycles. The Hall–Kier alpha value is -2.34. The fourth-order valence-electron chi connectivity index (χ4n) is 2.92. The predicted molar refractivity (Wildman–Crippen MR) is 100 cm³/mol. The van der Waals surface area contributed by atoms with Crippen LogP contribution in [-0.2, 0) is 4.74 Å². The van der Waals surface area contributed by atoms with Crippen LogP contribution in [0.5, 0.6) is 0 Å². The summed E-state index contributed by atoms with van der Waals surface area (Å²) in [6, 6.07) is 14.8. The third-order valence-electron chi connectivity index (χ3n) is 4.30. The minimum atomic E-state index is -0.356. The summed E-state index contributed by atoms with van der Waals surface area (Å²) in [5, 5.41) is 0.